The summed E-state index contributed by atoms with van der Waals surface area (Å²) in [6.07, 6.45) is 1.05. The number of anilines is 1. The number of ether oxygens (including phenoxy) is 2. The van der Waals surface area contributed by atoms with Crippen LogP contribution in [0.4, 0.5) is 5.69 Å². The van der Waals surface area contributed by atoms with E-state index in [-0.39, 0.29) is 5.91 Å². The van der Waals surface area contributed by atoms with E-state index in [1.165, 1.54) is 5.56 Å². The van der Waals surface area contributed by atoms with Crippen LogP contribution < -0.4 is 11.1 Å². The van der Waals surface area contributed by atoms with E-state index >= 15 is 0 Å². The van der Waals surface area contributed by atoms with Crippen LogP contribution in [0.5, 0.6) is 0 Å². The van der Waals surface area contributed by atoms with Crippen LogP contribution in [0.1, 0.15) is 5.56 Å². The maximum Gasteiger partial charge on any atom is 0.136 e. The van der Waals surface area contributed by atoms with E-state index in [4.69, 9.17) is 15.2 Å². The average Bonchev–Trinajstić information content (AvgIpc) is 2.42. The molecule has 1 aromatic rings. The highest BCUT2D eigenvalue weighted by Crippen LogP contribution is 2.11. The molecule has 1 rings (SSSR count). The molecule has 0 saturated carbocycles. The Bertz CT molecular complexity index is 315. The van der Waals surface area contributed by atoms with E-state index in [0.29, 0.717) is 16.1 Å². The highest BCUT2D eigenvalue weighted by molar-refractivity contribution is 6.36. The number of benzene rings is 1. The molecule has 0 aliphatic carbocycles. The average molecular weight is 266 g/mol. The second-order valence-corrected chi connectivity index (χ2v) is 5.30. The summed E-state index contributed by atoms with van der Waals surface area (Å²) in [5.74, 6) is -0.0597. The normalized spacial score (nSPS) is 10.9. The summed E-state index contributed by atoms with van der Waals surface area (Å²) in [6.45, 7) is 1.46. The largest absolute Gasteiger partial charge is 0.384 e. The number of aryl methyl sites for hydroxylation is 1. The van der Waals surface area contributed by atoms with E-state index in [2.05, 4.69) is 29.6 Å². The molecular weight excluding hydrogens is 244 g/mol. The van der Waals surface area contributed by atoms with Gasteiger partial charge in [-0.2, -0.15) is 0 Å². The molecule has 2 radical (unpaired) electrons. The van der Waals surface area contributed by atoms with Gasteiger partial charge in [0.15, 0.2) is 0 Å². The topological polar surface area (TPSA) is 56.5 Å². The van der Waals surface area contributed by atoms with Gasteiger partial charge in [0.1, 0.15) is 15.4 Å². The molecule has 0 atom stereocenters. The Morgan fingerprint density at radius 1 is 1.22 bits per heavy atom. The lowest BCUT2D eigenvalue weighted by Gasteiger charge is -2.12. The standard InChI is InChI=1S/C13H22N2O2Si/c1-16-13(17-2)18-10-7-11-3-5-12(6-4-11)15-9-8-14/h3-6,13,15H,7-10,14H2,1-2H3. The first-order chi connectivity index (χ1) is 8.80. The summed E-state index contributed by atoms with van der Waals surface area (Å²) in [5.41, 5.74) is 7.90. The van der Waals surface area contributed by atoms with Crippen molar-refractivity contribution in [3.8, 4) is 0 Å². The van der Waals surface area contributed by atoms with E-state index in [9.17, 15) is 0 Å². The van der Waals surface area contributed by atoms with Crippen molar-refractivity contribution in [2.75, 3.05) is 32.6 Å². The molecular formula is C13H22N2O2Si. The fourth-order valence-corrected chi connectivity index (χ4v) is 2.61. The van der Waals surface area contributed by atoms with Crippen molar-refractivity contribution >= 4 is 15.2 Å². The first kappa shape index (κ1) is 15.2. The Hall–Kier alpha value is -0.883. The molecule has 1 aromatic carbocycles. The van der Waals surface area contributed by atoms with Crippen LogP contribution in [0.15, 0.2) is 24.3 Å². The molecule has 0 fully saturated rings. The predicted octanol–water partition coefficient (Wildman–Crippen LogP) is 1.30. The summed E-state index contributed by atoms with van der Waals surface area (Å²) in [4.78, 5) is 0. The summed E-state index contributed by atoms with van der Waals surface area (Å²) >= 11 is 0. The van der Waals surface area contributed by atoms with Gasteiger partial charge in [0.25, 0.3) is 0 Å². The SMILES string of the molecule is COC(OC)[Si]CCc1ccc(NCCN)cc1. The third-order valence-corrected chi connectivity index (χ3v) is 3.92. The third kappa shape index (κ3) is 5.64. The van der Waals surface area contributed by atoms with E-state index in [1.54, 1.807) is 14.2 Å². The molecule has 0 aliphatic heterocycles. The molecule has 3 N–H and O–H groups in total. The van der Waals surface area contributed by atoms with Crippen LogP contribution >= 0.6 is 0 Å². The second kappa shape index (κ2) is 9.10. The maximum atomic E-state index is 5.44. The minimum Gasteiger partial charge on any atom is -0.384 e. The van der Waals surface area contributed by atoms with Gasteiger partial charge in [0.2, 0.25) is 0 Å². The molecule has 0 bridgehead atoms. The van der Waals surface area contributed by atoms with Gasteiger partial charge in [-0.15, -0.1) is 0 Å². The van der Waals surface area contributed by atoms with Crippen molar-refractivity contribution in [1.29, 1.82) is 0 Å². The molecule has 0 saturated heterocycles. The first-order valence-corrected chi connectivity index (χ1v) is 7.40. The van der Waals surface area contributed by atoms with Gasteiger partial charge in [-0.25, -0.2) is 0 Å². The van der Waals surface area contributed by atoms with Crippen LogP contribution in [0, 0.1) is 0 Å². The molecule has 4 nitrogen and oxygen atoms in total. The van der Waals surface area contributed by atoms with E-state index in [1.807, 2.05) is 0 Å². The van der Waals surface area contributed by atoms with Gasteiger partial charge in [-0.1, -0.05) is 18.2 Å². The summed E-state index contributed by atoms with van der Waals surface area (Å²) in [7, 11) is 4.03. The second-order valence-electron chi connectivity index (χ2n) is 3.92. The fraction of sp³-hybridized carbons (Fsp3) is 0.538. The van der Waals surface area contributed by atoms with Crippen molar-refractivity contribution in [2.24, 2.45) is 5.73 Å². The lowest BCUT2D eigenvalue weighted by molar-refractivity contribution is -0.0440. The van der Waals surface area contributed by atoms with Gasteiger partial charge in [-0.05, 0) is 24.1 Å². The van der Waals surface area contributed by atoms with Crippen molar-refractivity contribution < 1.29 is 9.47 Å². The van der Waals surface area contributed by atoms with E-state index < -0.39 is 0 Å². The highest BCUT2D eigenvalue weighted by atomic mass is 28.2. The number of hydrogen-bond donors (Lipinski definition) is 2. The lowest BCUT2D eigenvalue weighted by atomic mass is 10.1. The predicted molar refractivity (Wildman–Crippen MR) is 76.1 cm³/mol. The first-order valence-electron chi connectivity index (χ1n) is 6.12. The Morgan fingerprint density at radius 3 is 2.44 bits per heavy atom. The number of nitrogens with one attached hydrogen (secondary N) is 1. The van der Waals surface area contributed by atoms with Crippen molar-refractivity contribution in [3.63, 3.8) is 0 Å². The fourth-order valence-electron chi connectivity index (χ4n) is 1.60. The Morgan fingerprint density at radius 2 is 1.89 bits per heavy atom. The van der Waals surface area contributed by atoms with Crippen LogP contribution in [0.3, 0.4) is 0 Å². The molecule has 0 spiro atoms. The number of rotatable bonds is 9. The quantitative estimate of drug-likeness (QED) is 0.522. The Balaban J connectivity index is 2.30. The summed E-state index contributed by atoms with van der Waals surface area (Å²) < 4.78 is 10.3. The number of methoxy groups -OCH3 is 2. The zero-order valence-electron chi connectivity index (χ0n) is 11.1. The third-order valence-electron chi connectivity index (χ3n) is 2.58. The zero-order chi connectivity index (χ0) is 13.2. The molecule has 18 heavy (non-hydrogen) atoms. The molecule has 0 aliphatic rings. The Kier molecular flexibility index (Phi) is 7.67. The van der Waals surface area contributed by atoms with Crippen molar-refractivity contribution in [3.05, 3.63) is 29.8 Å². The molecule has 100 valence electrons. The van der Waals surface area contributed by atoms with Crippen molar-refractivity contribution in [1.82, 2.24) is 0 Å². The van der Waals surface area contributed by atoms with Crippen molar-refractivity contribution in [2.45, 2.75) is 18.4 Å². The number of hydrogen-bond acceptors (Lipinski definition) is 4. The molecule has 5 heteroatoms. The summed E-state index contributed by atoms with van der Waals surface area (Å²) in [6, 6.07) is 9.58. The van der Waals surface area contributed by atoms with Crippen LogP contribution in [0.25, 0.3) is 0 Å². The molecule has 0 aromatic heterocycles. The van der Waals surface area contributed by atoms with Crippen LogP contribution in [0.2, 0.25) is 6.04 Å². The minimum atomic E-state index is -0.0597. The van der Waals surface area contributed by atoms with Crippen LogP contribution in [-0.2, 0) is 15.9 Å². The molecule has 0 heterocycles. The van der Waals surface area contributed by atoms with Gasteiger partial charge in [0.05, 0.1) is 0 Å². The zero-order valence-corrected chi connectivity index (χ0v) is 12.1. The maximum absolute atomic E-state index is 5.44. The minimum absolute atomic E-state index is 0.0597. The van der Waals surface area contributed by atoms with Crippen LogP contribution in [-0.4, -0.2) is 42.7 Å². The lowest BCUT2D eigenvalue weighted by Crippen LogP contribution is -2.21. The van der Waals surface area contributed by atoms with Gasteiger partial charge in [-0.3, -0.25) is 0 Å². The van der Waals surface area contributed by atoms with Gasteiger partial charge >= 0.3 is 0 Å². The van der Waals surface area contributed by atoms with Gasteiger partial charge < -0.3 is 20.5 Å². The molecule has 0 unspecified atom stereocenters. The number of nitrogens with two attached hydrogens (primary N) is 1. The van der Waals surface area contributed by atoms with Gasteiger partial charge in [0, 0.05) is 33.0 Å². The van der Waals surface area contributed by atoms with E-state index in [0.717, 1.165) is 24.7 Å². The molecule has 0 amide bonds. The Labute approximate surface area is 112 Å². The smallest absolute Gasteiger partial charge is 0.136 e. The highest BCUT2D eigenvalue weighted by Gasteiger charge is 2.05. The summed E-state index contributed by atoms with van der Waals surface area (Å²) in [5, 5.41) is 3.25. The monoisotopic (exact) mass is 266 g/mol.